The van der Waals surface area contributed by atoms with Gasteiger partial charge in [-0.15, -0.1) is 0 Å². The minimum Gasteiger partial charge on any atom is -0.341 e. The van der Waals surface area contributed by atoms with Crippen LogP contribution < -0.4 is 16.6 Å². The lowest BCUT2D eigenvalue weighted by atomic mass is 10.2. The van der Waals surface area contributed by atoms with Gasteiger partial charge in [0.1, 0.15) is 0 Å². The van der Waals surface area contributed by atoms with Crippen molar-refractivity contribution in [2.75, 3.05) is 31.5 Å². The van der Waals surface area contributed by atoms with Crippen LogP contribution in [0.25, 0.3) is 10.9 Å². The number of nitrogens with one attached hydrogen (secondary N) is 2. The number of hydrogen-bond donors (Lipinski definition) is 2. The van der Waals surface area contributed by atoms with Gasteiger partial charge in [0.15, 0.2) is 0 Å². The van der Waals surface area contributed by atoms with E-state index in [0.717, 1.165) is 0 Å². The fraction of sp³-hybridized carbons (Fsp3) is 0.304. The van der Waals surface area contributed by atoms with Gasteiger partial charge in [-0.3, -0.25) is 19.1 Å². The van der Waals surface area contributed by atoms with Gasteiger partial charge in [0.25, 0.3) is 5.56 Å². The Balaban J connectivity index is 1.37. The highest BCUT2D eigenvalue weighted by Gasteiger charge is 2.22. The molecule has 0 bridgehead atoms. The lowest BCUT2D eigenvalue weighted by molar-refractivity contribution is -0.131. The summed E-state index contributed by atoms with van der Waals surface area (Å²) < 4.78 is 1.41. The first-order chi connectivity index (χ1) is 15.9. The van der Waals surface area contributed by atoms with E-state index in [2.05, 4.69) is 10.3 Å². The Morgan fingerprint density at radius 1 is 0.970 bits per heavy atom. The highest BCUT2D eigenvalue weighted by atomic mass is 35.5. The molecule has 172 valence electrons. The predicted molar refractivity (Wildman–Crippen MR) is 127 cm³/mol. The number of carbonyl (C=O) groups is 2. The Morgan fingerprint density at radius 2 is 1.73 bits per heavy atom. The number of nitrogens with zero attached hydrogens (tertiary/aromatic N) is 3. The van der Waals surface area contributed by atoms with Gasteiger partial charge in [-0.25, -0.2) is 9.59 Å². The van der Waals surface area contributed by atoms with E-state index in [1.807, 2.05) is 0 Å². The fourth-order valence-corrected chi connectivity index (χ4v) is 4.16. The maximum atomic E-state index is 12.8. The SMILES string of the molecule is O=C(CCn1c(=O)[nH]c(=O)c2ccccc21)N1CCCN(C(=O)Nc2cccc(Cl)c2)CC1. The zero-order valence-electron chi connectivity index (χ0n) is 17.9. The third kappa shape index (κ3) is 5.25. The largest absolute Gasteiger partial charge is 0.341 e. The number of amides is 3. The summed E-state index contributed by atoms with van der Waals surface area (Å²) in [4.78, 5) is 55.5. The van der Waals surface area contributed by atoms with E-state index in [4.69, 9.17) is 11.6 Å². The number of urea groups is 1. The van der Waals surface area contributed by atoms with Crippen LogP contribution in [0.5, 0.6) is 0 Å². The Bertz CT molecular complexity index is 1300. The molecule has 0 unspecified atom stereocenters. The first-order valence-corrected chi connectivity index (χ1v) is 11.1. The second kappa shape index (κ2) is 9.91. The number of hydrogen-bond acceptors (Lipinski definition) is 4. The maximum absolute atomic E-state index is 12.8. The predicted octanol–water partition coefficient (Wildman–Crippen LogP) is 2.50. The van der Waals surface area contributed by atoms with Crippen molar-refractivity contribution in [2.24, 2.45) is 0 Å². The van der Waals surface area contributed by atoms with E-state index < -0.39 is 11.2 Å². The van der Waals surface area contributed by atoms with E-state index in [1.54, 1.807) is 58.3 Å². The van der Waals surface area contributed by atoms with Crippen LogP contribution in [-0.4, -0.2) is 57.5 Å². The molecule has 10 heteroatoms. The van der Waals surface area contributed by atoms with Crippen LogP contribution in [-0.2, 0) is 11.3 Å². The van der Waals surface area contributed by atoms with Crippen molar-refractivity contribution >= 4 is 40.1 Å². The summed E-state index contributed by atoms with van der Waals surface area (Å²) in [6, 6.07) is 13.5. The lowest BCUT2D eigenvalue weighted by Gasteiger charge is -2.23. The zero-order valence-corrected chi connectivity index (χ0v) is 18.7. The molecule has 1 saturated heterocycles. The molecule has 33 heavy (non-hydrogen) atoms. The van der Waals surface area contributed by atoms with Gasteiger partial charge in [0.05, 0.1) is 10.9 Å². The zero-order chi connectivity index (χ0) is 23.4. The van der Waals surface area contributed by atoms with Crippen LogP contribution in [0.2, 0.25) is 5.02 Å². The molecule has 3 aromatic rings. The highest BCUT2D eigenvalue weighted by Crippen LogP contribution is 2.16. The number of halogens is 1. The standard InChI is InChI=1S/C23H24ClN5O4/c24-16-5-3-6-17(15-16)25-22(32)28-11-4-10-27(13-14-28)20(30)9-12-29-19-8-2-1-7-18(19)21(31)26-23(29)33/h1-3,5-8,15H,4,9-14H2,(H,25,32)(H,26,31,33). The summed E-state index contributed by atoms with van der Waals surface area (Å²) in [5.74, 6) is -0.103. The van der Waals surface area contributed by atoms with Crippen LogP contribution in [0.15, 0.2) is 58.1 Å². The number of aromatic amines is 1. The summed E-state index contributed by atoms with van der Waals surface area (Å²) in [6.07, 6.45) is 0.765. The first-order valence-electron chi connectivity index (χ1n) is 10.7. The molecule has 0 spiro atoms. The van der Waals surface area contributed by atoms with Crippen molar-refractivity contribution in [3.8, 4) is 0 Å². The third-order valence-corrected chi connectivity index (χ3v) is 5.90. The second-order valence-corrected chi connectivity index (χ2v) is 8.28. The number of fused-ring (bicyclic) bond motifs is 1. The molecule has 0 saturated carbocycles. The summed E-state index contributed by atoms with van der Waals surface area (Å²) >= 11 is 5.97. The molecule has 2 heterocycles. The van der Waals surface area contributed by atoms with Gasteiger partial charge in [-0.05, 0) is 36.8 Å². The topological polar surface area (TPSA) is 108 Å². The van der Waals surface area contributed by atoms with Gasteiger partial charge in [-0.1, -0.05) is 29.8 Å². The van der Waals surface area contributed by atoms with Crippen molar-refractivity contribution in [1.82, 2.24) is 19.4 Å². The van der Waals surface area contributed by atoms with Crippen molar-refractivity contribution in [3.63, 3.8) is 0 Å². The normalized spacial score (nSPS) is 14.2. The smallest absolute Gasteiger partial charge is 0.328 e. The fourth-order valence-electron chi connectivity index (χ4n) is 3.97. The van der Waals surface area contributed by atoms with Crippen molar-refractivity contribution in [2.45, 2.75) is 19.4 Å². The summed E-state index contributed by atoms with van der Waals surface area (Å²) in [6.45, 7) is 2.02. The van der Waals surface area contributed by atoms with Crippen LogP contribution in [0.1, 0.15) is 12.8 Å². The van der Waals surface area contributed by atoms with Gasteiger partial charge in [-0.2, -0.15) is 0 Å². The van der Waals surface area contributed by atoms with Crippen molar-refractivity contribution in [1.29, 1.82) is 0 Å². The number of rotatable bonds is 4. The number of carbonyl (C=O) groups excluding carboxylic acids is 2. The Morgan fingerprint density at radius 3 is 2.55 bits per heavy atom. The highest BCUT2D eigenvalue weighted by molar-refractivity contribution is 6.30. The summed E-state index contributed by atoms with van der Waals surface area (Å²) in [7, 11) is 0. The molecule has 3 amide bonds. The minimum absolute atomic E-state index is 0.103. The summed E-state index contributed by atoms with van der Waals surface area (Å²) in [5.41, 5.74) is 0.134. The van der Waals surface area contributed by atoms with Crippen LogP contribution in [0, 0.1) is 0 Å². The molecule has 2 N–H and O–H groups in total. The van der Waals surface area contributed by atoms with Gasteiger partial charge >= 0.3 is 11.7 Å². The monoisotopic (exact) mass is 469 g/mol. The Kier molecular flexibility index (Phi) is 6.79. The van der Waals surface area contributed by atoms with Crippen molar-refractivity contribution < 1.29 is 9.59 Å². The van der Waals surface area contributed by atoms with E-state index in [9.17, 15) is 19.2 Å². The Labute approximate surface area is 194 Å². The molecular weight excluding hydrogens is 446 g/mol. The van der Waals surface area contributed by atoms with Gasteiger partial charge < -0.3 is 15.1 Å². The molecule has 0 radical (unpaired) electrons. The average Bonchev–Trinajstić information content (AvgIpc) is 3.05. The molecule has 0 aliphatic carbocycles. The number of aryl methyl sites for hydroxylation is 1. The van der Waals surface area contributed by atoms with E-state index in [-0.39, 0.29) is 24.9 Å². The molecule has 2 aromatic carbocycles. The first kappa shape index (κ1) is 22.6. The third-order valence-electron chi connectivity index (χ3n) is 5.67. The molecule has 1 aliphatic heterocycles. The molecule has 0 atom stereocenters. The number of aromatic nitrogens is 2. The Hall–Kier alpha value is -3.59. The quantitative estimate of drug-likeness (QED) is 0.612. The maximum Gasteiger partial charge on any atom is 0.328 e. The second-order valence-electron chi connectivity index (χ2n) is 7.84. The van der Waals surface area contributed by atoms with E-state index >= 15 is 0 Å². The number of anilines is 1. The average molecular weight is 470 g/mol. The summed E-state index contributed by atoms with van der Waals surface area (Å²) in [5, 5.41) is 3.77. The number of para-hydroxylation sites is 1. The minimum atomic E-state index is -0.536. The molecule has 1 aromatic heterocycles. The van der Waals surface area contributed by atoms with E-state index in [1.165, 1.54) is 4.57 Å². The van der Waals surface area contributed by atoms with E-state index in [0.29, 0.717) is 54.2 Å². The van der Waals surface area contributed by atoms with Gasteiger partial charge in [0.2, 0.25) is 5.91 Å². The number of H-pyrrole nitrogens is 1. The molecule has 1 aliphatic rings. The van der Waals surface area contributed by atoms with Crippen LogP contribution >= 0.6 is 11.6 Å². The van der Waals surface area contributed by atoms with Crippen molar-refractivity contribution in [3.05, 3.63) is 74.4 Å². The lowest BCUT2D eigenvalue weighted by Crippen LogP contribution is -2.39. The molecular formula is C23H24ClN5O4. The molecule has 1 fully saturated rings. The van der Waals surface area contributed by atoms with Crippen LogP contribution in [0.3, 0.4) is 0 Å². The molecule has 9 nitrogen and oxygen atoms in total. The number of benzene rings is 2. The van der Waals surface area contributed by atoms with Gasteiger partial charge in [0, 0.05) is 49.9 Å². The van der Waals surface area contributed by atoms with Crippen LogP contribution in [0.4, 0.5) is 10.5 Å². The molecule has 4 rings (SSSR count).